The van der Waals surface area contributed by atoms with Gasteiger partial charge in [0.15, 0.2) is 0 Å². The topological polar surface area (TPSA) is 15.3 Å². The molecule has 0 radical (unpaired) electrons. The third-order valence-electron chi connectivity index (χ3n) is 3.42. The lowest BCUT2D eigenvalue weighted by atomic mass is 10.1. The standard InChI is InChI=1S/C14H22N2S/c1-15-13-7-9-16(10-8-13)11-12-17-14-5-3-2-4-6-14/h2-6,13,15H,7-12H2,1H3. The average molecular weight is 250 g/mol. The van der Waals surface area contributed by atoms with Gasteiger partial charge in [-0.25, -0.2) is 0 Å². The second-order valence-electron chi connectivity index (χ2n) is 4.57. The fraction of sp³-hybridized carbons (Fsp3) is 0.571. The van der Waals surface area contributed by atoms with E-state index in [0.717, 1.165) is 6.04 Å². The van der Waals surface area contributed by atoms with Gasteiger partial charge in [0, 0.05) is 23.2 Å². The Morgan fingerprint density at radius 1 is 1.24 bits per heavy atom. The highest BCUT2D eigenvalue weighted by Crippen LogP contribution is 2.18. The fourth-order valence-corrected chi connectivity index (χ4v) is 3.19. The summed E-state index contributed by atoms with van der Waals surface area (Å²) in [4.78, 5) is 3.97. The Bertz CT molecular complexity index is 307. The Balaban J connectivity index is 1.63. The molecule has 94 valence electrons. The quantitative estimate of drug-likeness (QED) is 0.808. The summed E-state index contributed by atoms with van der Waals surface area (Å²) in [7, 11) is 2.07. The van der Waals surface area contributed by atoms with E-state index in [0.29, 0.717) is 0 Å². The molecule has 0 spiro atoms. The van der Waals surface area contributed by atoms with Gasteiger partial charge in [-0.1, -0.05) is 18.2 Å². The largest absolute Gasteiger partial charge is 0.317 e. The lowest BCUT2D eigenvalue weighted by molar-refractivity contribution is 0.212. The molecule has 0 atom stereocenters. The Morgan fingerprint density at radius 3 is 2.59 bits per heavy atom. The summed E-state index contributed by atoms with van der Waals surface area (Å²) < 4.78 is 0. The van der Waals surface area contributed by atoms with E-state index in [4.69, 9.17) is 0 Å². The number of rotatable bonds is 5. The van der Waals surface area contributed by atoms with E-state index in [-0.39, 0.29) is 0 Å². The zero-order valence-electron chi connectivity index (χ0n) is 10.6. The number of benzene rings is 1. The van der Waals surface area contributed by atoms with Crippen molar-refractivity contribution in [1.29, 1.82) is 0 Å². The molecule has 1 fully saturated rings. The molecule has 0 aromatic heterocycles. The zero-order valence-corrected chi connectivity index (χ0v) is 11.4. The lowest BCUT2D eigenvalue weighted by Crippen LogP contribution is -2.41. The van der Waals surface area contributed by atoms with Crippen LogP contribution in [0.3, 0.4) is 0 Å². The smallest absolute Gasteiger partial charge is 0.0108 e. The number of nitrogens with zero attached hydrogens (tertiary/aromatic N) is 1. The fourth-order valence-electron chi connectivity index (χ4n) is 2.25. The number of hydrogen-bond donors (Lipinski definition) is 1. The summed E-state index contributed by atoms with van der Waals surface area (Å²) in [6.07, 6.45) is 2.60. The minimum Gasteiger partial charge on any atom is -0.317 e. The summed E-state index contributed by atoms with van der Waals surface area (Å²) in [6, 6.07) is 11.4. The maximum Gasteiger partial charge on any atom is 0.0108 e. The first-order chi connectivity index (χ1) is 8.38. The highest BCUT2D eigenvalue weighted by molar-refractivity contribution is 7.99. The molecule has 0 amide bonds. The van der Waals surface area contributed by atoms with Gasteiger partial charge in [-0.15, -0.1) is 11.8 Å². The van der Waals surface area contributed by atoms with Gasteiger partial charge in [0.2, 0.25) is 0 Å². The van der Waals surface area contributed by atoms with Gasteiger partial charge in [-0.3, -0.25) is 0 Å². The number of likely N-dealkylation sites (tertiary alicyclic amines) is 1. The summed E-state index contributed by atoms with van der Waals surface area (Å²) in [5, 5.41) is 3.37. The molecule has 1 aromatic carbocycles. The van der Waals surface area contributed by atoms with Gasteiger partial charge in [-0.05, 0) is 45.1 Å². The molecular formula is C14H22N2S. The lowest BCUT2D eigenvalue weighted by Gasteiger charge is -2.31. The molecule has 17 heavy (non-hydrogen) atoms. The summed E-state index contributed by atoms with van der Waals surface area (Å²) in [6.45, 7) is 3.72. The van der Waals surface area contributed by atoms with E-state index in [1.807, 2.05) is 11.8 Å². The summed E-state index contributed by atoms with van der Waals surface area (Å²) in [5.74, 6) is 1.20. The average Bonchev–Trinajstić information content (AvgIpc) is 2.41. The number of nitrogens with one attached hydrogen (secondary N) is 1. The minimum absolute atomic E-state index is 0.744. The van der Waals surface area contributed by atoms with Crippen molar-refractivity contribution in [2.24, 2.45) is 0 Å². The molecular weight excluding hydrogens is 228 g/mol. The van der Waals surface area contributed by atoms with Crippen LogP contribution in [-0.2, 0) is 0 Å². The maximum absolute atomic E-state index is 3.37. The molecule has 2 rings (SSSR count). The van der Waals surface area contributed by atoms with Crippen molar-refractivity contribution < 1.29 is 0 Å². The van der Waals surface area contributed by atoms with Crippen molar-refractivity contribution in [2.45, 2.75) is 23.8 Å². The molecule has 0 saturated carbocycles. The molecule has 1 aliphatic rings. The van der Waals surface area contributed by atoms with Gasteiger partial charge in [0.25, 0.3) is 0 Å². The van der Waals surface area contributed by atoms with E-state index in [2.05, 4.69) is 47.6 Å². The Hall–Kier alpha value is -0.510. The van der Waals surface area contributed by atoms with Crippen LogP contribution in [0.1, 0.15) is 12.8 Å². The Morgan fingerprint density at radius 2 is 1.94 bits per heavy atom. The number of hydrogen-bond acceptors (Lipinski definition) is 3. The number of thioether (sulfide) groups is 1. The Kier molecular flexibility index (Phi) is 5.36. The van der Waals surface area contributed by atoms with Crippen LogP contribution in [0.15, 0.2) is 35.2 Å². The van der Waals surface area contributed by atoms with Crippen LogP contribution in [0.5, 0.6) is 0 Å². The van der Waals surface area contributed by atoms with E-state index in [1.54, 1.807) is 0 Å². The maximum atomic E-state index is 3.37. The van der Waals surface area contributed by atoms with Crippen LogP contribution in [0, 0.1) is 0 Å². The van der Waals surface area contributed by atoms with Gasteiger partial charge >= 0.3 is 0 Å². The molecule has 1 saturated heterocycles. The van der Waals surface area contributed by atoms with E-state index in [9.17, 15) is 0 Å². The molecule has 1 N–H and O–H groups in total. The third-order valence-corrected chi connectivity index (χ3v) is 4.41. The second kappa shape index (κ2) is 7.04. The van der Waals surface area contributed by atoms with Gasteiger partial charge in [-0.2, -0.15) is 0 Å². The molecule has 0 aliphatic carbocycles. The molecule has 3 heteroatoms. The molecule has 0 bridgehead atoms. The van der Waals surface area contributed by atoms with Gasteiger partial charge in [0.05, 0.1) is 0 Å². The van der Waals surface area contributed by atoms with Crippen molar-refractivity contribution >= 4 is 11.8 Å². The van der Waals surface area contributed by atoms with Gasteiger partial charge < -0.3 is 10.2 Å². The van der Waals surface area contributed by atoms with Crippen molar-refractivity contribution in [3.63, 3.8) is 0 Å². The Labute approximate surface area is 109 Å². The van der Waals surface area contributed by atoms with E-state index in [1.165, 1.54) is 43.1 Å². The molecule has 1 heterocycles. The first-order valence-corrected chi connectivity index (χ1v) is 7.44. The highest BCUT2D eigenvalue weighted by atomic mass is 32.2. The van der Waals surface area contributed by atoms with Crippen molar-refractivity contribution in [3.05, 3.63) is 30.3 Å². The van der Waals surface area contributed by atoms with Crippen molar-refractivity contribution in [1.82, 2.24) is 10.2 Å². The predicted molar refractivity (Wildman–Crippen MR) is 75.7 cm³/mol. The first kappa shape index (κ1) is 12.9. The normalized spacial score (nSPS) is 18.4. The monoisotopic (exact) mass is 250 g/mol. The molecule has 1 aliphatic heterocycles. The SMILES string of the molecule is CNC1CCN(CCSc2ccccc2)CC1. The highest BCUT2D eigenvalue weighted by Gasteiger charge is 2.16. The van der Waals surface area contributed by atoms with Crippen molar-refractivity contribution in [2.75, 3.05) is 32.4 Å². The van der Waals surface area contributed by atoms with Crippen LogP contribution in [0.4, 0.5) is 0 Å². The predicted octanol–water partition coefficient (Wildman–Crippen LogP) is 2.46. The summed E-state index contributed by atoms with van der Waals surface area (Å²) >= 11 is 1.96. The van der Waals surface area contributed by atoms with Gasteiger partial charge in [0.1, 0.15) is 0 Å². The van der Waals surface area contributed by atoms with Crippen LogP contribution in [0.2, 0.25) is 0 Å². The minimum atomic E-state index is 0.744. The van der Waals surface area contributed by atoms with Crippen LogP contribution >= 0.6 is 11.8 Å². The van der Waals surface area contributed by atoms with Crippen LogP contribution in [-0.4, -0.2) is 43.4 Å². The molecule has 0 unspecified atom stereocenters. The van der Waals surface area contributed by atoms with Crippen LogP contribution in [0.25, 0.3) is 0 Å². The molecule has 2 nitrogen and oxygen atoms in total. The second-order valence-corrected chi connectivity index (χ2v) is 5.73. The third kappa shape index (κ3) is 4.34. The summed E-state index contributed by atoms with van der Waals surface area (Å²) in [5.41, 5.74) is 0. The van der Waals surface area contributed by atoms with Crippen molar-refractivity contribution in [3.8, 4) is 0 Å². The first-order valence-electron chi connectivity index (χ1n) is 6.46. The zero-order chi connectivity index (χ0) is 11.9. The number of piperidine rings is 1. The molecule has 1 aromatic rings. The van der Waals surface area contributed by atoms with Crippen LogP contribution < -0.4 is 5.32 Å². The van der Waals surface area contributed by atoms with E-state index >= 15 is 0 Å². The van der Waals surface area contributed by atoms with E-state index < -0.39 is 0 Å².